The Morgan fingerprint density at radius 1 is 1.47 bits per heavy atom. The van der Waals surface area contributed by atoms with Gasteiger partial charge in [0.15, 0.2) is 11.6 Å². The molecule has 5 heteroatoms. The lowest BCUT2D eigenvalue weighted by atomic mass is 10.2. The molecular formula is C12H12FN3O. The average molecular weight is 233 g/mol. The molecule has 0 radical (unpaired) electrons. The Kier molecular flexibility index (Phi) is 3.18. The molecule has 0 spiro atoms. The number of hydrazone groups is 1. The highest BCUT2D eigenvalue weighted by Crippen LogP contribution is 2.23. The zero-order chi connectivity index (χ0) is 12.3. The number of rotatable bonds is 3. The third kappa shape index (κ3) is 2.33. The molecule has 2 aromatic rings. The lowest BCUT2D eigenvalue weighted by molar-refractivity contribution is 0.322. The minimum Gasteiger partial charge on any atom is -0.491 e. The number of hydrogen-bond donors (Lipinski definition) is 1. The molecule has 0 fully saturated rings. The molecule has 2 N–H and O–H groups in total. The molecule has 0 saturated carbocycles. The van der Waals surface area contributed by atoms with Crippen molar-refractivity contribution in [2.75, 3.05) is 6.61 Å². The second-order valence-corrected chi connectivity index (χ2v) is 3.42. The van der Waals surface area contributed by atoms with E-state index >= 15 is 0 Å². The number of halogens is 1. The standard InChI is InChI=1S/C12H12FN3O/c1-2-17-12-6-11-8(5-10(12)13)3-4-9(16-11)7-15-14/h3-7H,2,14H2,1H3/b15-7+. The molecule has 17 heavy (non-hydrogen) atoms. The van der Waals surface area contributed by atoms with E-state index in [4.69, 9.17) is 10.6 Å². The SMILES string of the molecule is CCOc1cc2nc(/C=N/N)ccc2cc1F. The predicted molar refractivity (Wildman–Crippen MR) is 64.7 cm³/mol. The van der Waals surface area contributed by atoms with Crippen LogP contribution in [0.2, 0.25) is 0 Å². The van der Waals surface area contributed by atoms with E-state index in [2.05, 4.69) is 10.1 Å². The fourth-order valence-corrected chi connectivity index (χ4v) is 1.55. The normalized spacial score (nSPS) is 11.2. The van der Waals surface area contributed by atoms with Crippen LogP contribution in [0.15, 0.2) is 29.4 Å². The van der Waals surface area contributed by atoms with Gasteiger partial charge in [0, 0.05) is 11.5 Å². The van der Waals surface area contributed by atoms with Gasteiger partial charge in [0.2, 0.25) is 0 Å². The van der Waals surface area contributed by atoms with Crippen LogP contribution in [0.5, 0.6) is 5.75 Å². The Hall–Kier alpha value is -2.17. The van der Waals surface area contributed by atoms with Gasteiger partial charge < -0.3 is 10.6 Å². The van der Waals surface area contributed by atoms with Crippen molar-refractivity contribution < 1.29 is 9.13 Å². The summed E-state index contributed by atoms with van der Waals surface area (Å²) in [4.78, 5) is 4.27. The summed E-state index contributed by atoms with van der Waals surface area (Å²) in [6, 6.07) is 6.45. The topological polar surface area (TPSA) is 60.5 Å². The summed E-state index contributed by atoms with van der Waals surface area (Å²) in [5.74, 6) is 4.87. The van der Waals surface area contributed by atoms with E-state index < -0.39 is 0 Å². The molecular weight excluding hydrogens is 221 g/mol. The summed E-state index contributed by atoms with van der Waals surface area (Å²) in [7, 11) is 0. The van der Waals surface area contributed by atoms with Gasteiger partial charge in [-0.3, -0.25) is 0 Å². The molecule has 0 aliphatic carbocycles. The van der Waals surface area contributed by atoms with Gasteiger partial charge >= 0.3 is 0 Å². The summed E-state index contributed by atoms with van der Waals surface area (Å²) in [5, 5.41) is 4.10. The van der Waals surface area contributed by atoms with Gasteiger partial charge in [-0.25, -0.2) is 9.37 Å². The number of ether oxygens (including phenoxy) is 1. The van der Waals surface area contributed by atoms with Crippen molar-refractivity contribution in [1.29, 1.82) is 0 Å². The van der Waals surface area contributed by atoms with Crippen molar-refractivity contribution in [3.8, 4) is 5.75 Å². The van der Waals surface area contributed by atoms with Crippen LogP contribution in [0.1, 0.15) is 12.6 Å². The van der Waals surface area contributed by atoms with Crippen LogP contribution in [0, 0.1) is 5.82 Å². The maximum Gasteiger partial charge on any atom is 0.165 e. The second kappa shape index (κ2) is 4.78. The van der Waals surface area contributed by atoms with Crippen molar-refractivity contribution in [2.24, 2.45) is 10.9 Å². The van der Waals surface area contributed by atoms with Crippen LogP contribution in [0.25, 0.3) is 10.9 Å². The number of hydrogen-bond acceptors (Lipinski definition) is 4. The molecule has 1 heterocycles. The summed E-state index contributed by atoms with van der Waals surface area (Å²) >= 11 is 0. The van der Waals surface area contributed by atoms with Crippen LogP contribution in [-0.2, 0) is 0 Å². The number of benzene rings is 1. The van der Waals surface area contributed by atoms with Crippen LogP contribution in [-0.4, -0.2) is 17.8 Å². The first-order chi connectivity index (χ1) is 8.24. The highest BCUT2D eigenvalue weighted by molar-refractivity contribution is 5.85. The van der Waals surface area contributed by atoms with E-state index in [1.165, 1.54) is 12.3 Å². The van der Waals surface area contributed by atoms with Gasteiger partial charge in [0.25, 0.3) is 0 Å². The summed E-state index contributed by atoms with van der Waals surface area (Å²) in [5.41, 5.74) is 1.27. The molecule has 0 aliphatic heterocycles. The summed E-state index contributed by atoms with van der Waals surface area (Å²) < 4.78 is 18.7. The number of aromatic nitrogens is 1. The third-order valence-electron chi connectivity index (χ3n) is 2.27. The number of fused-ring (bicyclic) bond motifs is 1. The van der Waals surface area contributed by atoms with Crippen LogP contribution >= 0.6 is 0 Å². The Labute approximate surface area is 97.9 Å². The van der Waals surface area contributed by atoms with E-state index in [-0.39, 0.29) is 11.6 Å². The predicted octanol–water partition coefficient (Wildman–Crippen LogP) is 2.07. The highest BCUT2D eigenvalue weighted by atomic mass is 19.1. The summed E-state index contributed by atoms with van der Waals surface area (Å²) in [6.07, 6.45) is 1.43. The Morgan fingerprint density at radius 3 is 3.00 bits per heavy atom. The molecule has 88 valence electrons. The van der Waals surface area contributed by atoms with Gasteiger partial charge in [-0.2, -0.15) is 5.10 Å². The highest BCUT2D eigenvalue weighted by Gasteiger charge is 2.06. The second-order valence-electron chi connectivity index (χ2n) is 3.42. The molecule has 0 saturated heterocycles. The molecule has 0 atom stereocenters. The van der Waals surface area contributed by atoms with E-state index in [0.717, 1.165) is 0 Å². The lowest BCUT2D eigenvalue weighted by Crippen LogP contribution is -1.96. The lowest BCUT2D eigenvalue weighted by Gasteiger charge is -2.06. The van der Waals surface area contributed by atoms with Crippen molar-refractivity contribution in [1.82, 2.24) is 4.98 Å². The number of nitrogens with two attached hydrogens (primary N) is 1. The van der Waals surface area contributed by atoms with Crippen molar-refractivity contribution in [3.63, 3.8) is 0 Å². The van der Waals surface area contributed by atoms with Gasteiger partial charge in [-0.1, -0.05) is 6.07 Å². The maximum absolute atomic E-state index is 13.6. The van der Waals surface area contributed by atoms with Gasteiger partial charge in [0.05, 0.1) is 24.0 Å². The minimum absolute atomic E-state index is 0.203. The van der Waals surface area contributed by atoms with E-state index in [1.54, 1.807) is 25.1 Å². The fraction of sp³-hybridized carbons (Fsp3) is 0.167. The first-order valence-electron chi connectivity index (χ1n) is 5.21. The van der Waals surface area contributed by atoms with Crippen LogP contribution < -0.4 is 10.6 Å². The molecule has 0 aliphatic rings. The Morgan fingerprint density at radius 2 is 2.29 bits per heavy atom. The van der Waals surface area contributed by atoms with Crippen molar-refractivity contribution >= 4 is 17.1 Å². The monoisotopic (exact) mass is 233 g/mol. The zero-order valence-electron chi connectivity index (χ0n) is 9.35. The molecule has 0 amide bonds. The van der Waals surface area contributed by atoms with Crippen LogP contribution in [0.3, 0.4) is 0 Å². The quantitative estimate of drug-likeness (QED) is 0.501. The maximum atomic E-state index is 13.6. The van der Waals surface area contributed by atoms with Crippen LogP contribution in [0.4, 0.5) is 4.39 Å². The van der Waals surface area contributed by atoms with E-state index in [1.807, 2.05) is 0 Å². The molecule has 1 aromatic carbocycles. The van der Waals surface area contributed by atoms with Crippen molar-refractivity contribution in [2.45, 2.75) is 6.92 Å². The number of nitrogens with zero attached hydrogens (tertiary/aromatic N) is 2. The Bertz CT molecular complexity index is 569. The van der Waals surface area contributed by atoms with Crippen molar-refractivity contribution in [3.05, 3.63) is 35.8 Å². The molecule has 4 nitrogen and oxygen atoms in total. The van der Waals surface area contributed by atoms with Gasteiger partial charge in [-0.15, -0.1) is 0 Å². The van der Waals surface area contributed by atoms with Gasteiger partial charge in [0.1, 0.15) is 0 Å². The molecule has 2 rings (SSSR count). The first-order valence-corrected chi connectivity index (χ1v) is 5.21. The van der Waals surface area contributed by atoms with E-state index in [9.17, 15) is 4.39 Å². The zero-order valence-corrected chi connectivity index (χ0v) is 9.35. The minimum atomic E-state index is -0.388. The fourth-order valence-electron chi connectivity index (χ4n) is 1.55. The Balaban J connectivity index is 2.55. The van der Waals surface area contributed by atoms with E-state index in [0.29, 0.717) is 23.2 Å². The molecule has 1 aromatic heterocycles. The average Bonchev–Trinajstić information content (AvgIpc) is 2.31. The first kappa shape index (κ1) is 11.3. The molecule has 0 bridgehead atoms. The van der Waals surface area contributed by atoms with Gasteiger partial charge in [-0.05, 0) is 19.1 Å². The third-order valence-corrected chi connectivity index (χ3v) is 2.27. The largest absolute Gasteiger partial charge is 0.491 e. The molecule has 0 unspecified atom stereocenters. The smallest absolute Gasteiger partial charge is 0.165 e. The number of pyridine rings is 1. The summed E-state index contributed by atoms with van der Waals surface area (Å²) in [6.45, 7) is 2.21.